The molecule has 1 aromatic heterocycles. The molecule has 0 aliphatic heterocycles. The molecule has 9 N–H and O–H groups in total. The molecule has 0 aromatic carbocycles. The third-order valence-corrected chi connectivity index (χ3v) is 4.20. The molecule has 0 saturated carbocycles. The Morgan fingerprint density at radius 3 is 2.27 bits per heavy atom. The second-order valence-corrected chi connectivity index (χ2v) is 6.81. The molecule has 1 aromatic rings. The predicted octanol–water partition coefficient (Wildman–Crippen LogP) is -3.94. The monoisotopic (exact) mass is 399 g/mol. The van der Waals surface area contributed by atoms with Crippen molar-refractivity contribution < 1.29 is 43.2 Å². The van der Waals surface area contributed by atoms with Crippen molar-refractivity contribution in [3.05, 3.63) is 11.8 Å². The summed E-state index contributed by atoms with van der Waals surface area (Å²) in [6.45, 7) is 0.535. The number of carboxylic acids is 1. The van der Waals surface area contributed by atoms with Crippen molar-refractivity contribution in [2.45, 2.75) is 43.9 Å². The van der Waals surface area contributed by atoms with Crippen LogP contribution in [0.5, 0.6) is 0 Å². The van der Waals surface area contributed by atoms with Gasteiger partial charge < -0.3 is 35.7 Å². The molecular weight excluding hydrogens is 378 g/mol. The van der Waals surface area contributed by atoms with Crippen LogP contribution >= 0.6 is 0 Å². The number of hydrogen-bond donors (Lipinski definition) is 8. The van der Waals surface area contributed by atoms with Gasteiger partial charge in [-0.1, -0.05) is 0 Å². The zero-order valence-corrected chi connectivity index (χ0v) is 14.4. The number of nitrogens with zero attached hydrogens (tertiary/aromatic N) is 2. The molecule has 4 atom stereocenters. The highest BCUT2D eigenvalue weighted by atomic mass is 32.2. The normalized spacial score (nSPS) is 17.0. The fourth-order valence-corrected chi connectivity index (χ4v) is 3.04. The Bertz CT molecular complexity index is 692. The number of hydrogen-bond acceptors (Lipinski definition) is 11. The molecule has 0 radical (unpaired) electrons. The van der Waals surface area contributed by atoms with Gasteiger partial charge in [-0.25, -0.2) is 0 Å². The smallest absolute Gasteiger partial charge is 0.324 e. The Hall–Kier alpha value is -1.72. The highest BCUT2D eigenvalue weighted by Crippen LogP contribution is 2.20. The molecule has 1 unspecified atom stereocenters. The molecule has 0 aliphatic carbocycles. The number of carbonyl (C=O) groups is 1. The SMILES string of the molecule is CC(O)[C@H](NS(=O)(=O)N[C@@H](CC(O)O)c1nnc([C@@H](N)CO)o1)C(=O)O. The minimum atomic E-state index is -4.55. The Morgan fingerprint density at radius 1 is 1.23 bits per heavy atom. The van der Waals surface area contributed by atoms with E-state index in [1.807, 2.05) is 4.72 Å². The molecule has 0 spiro atoms. The molecule has 14 nitrogen and oxygen atoms in total. The van der Waals surface area contributed by atoms with Gasteiger partial charge in [-0.3, -0.25) is 4.79 Å². The Labute approximate surface area is 147 Å². The van der Waals surface area contributed by atoms with Gasteiger partial charge in [-0.15, -0.1) is 10.2 Å². The van der Waals surface area contributed by atoms with Crippen LogP contribution < -0.4 is 15.2 Å². The van der Waals surface area contributed by atoms with Gasteiger partial charge >= 0.3 is 5.97 Å². The van der Waals surface area contributed by atoms with Crippen LogP contribution in [0, 0.1) is 0 Å². The lowest BCUT2D eigenvalue weighted by Crippen LogP contribution is -2.52. The third kappa shape index (κ3) is 6.54. The summed E-state index contributed by atoms with van der Waals surface area (Å²) < 4.78 is 32.9. The van der Waals surface area contributed by atoms with Crippen molar-refractivity contribution in [1.82, 2.24) is 19.6 Å². The van der Waals surface area contributed by atoms with E-state index in [4.69, 9.17) is 30.6 Å². The highest BCUT2D eigenvalue weighted by molar-refractivity contribution is 7.87. The number of aliphatic carboxylic acids is 1. The first kappa shape index (κ1) is 22.3. The lowest BCUT2D eigenvalue weighted by Gasteiger charge is -2.20. The number of nitrogens with two attached hydrogens (primary N) is 1. The maximum absolute atomic E-state index is 12.1. The van der Waals surface area contributed by atoms with E-state index in [2.05, 4.69) is 10.2 Å². The van der Waals surface area contributed by atoms with E-state index in [1.54, 1.807) is 4.72 Å². The van der Waals surface area contributed by atoms with Crippen LogP contribution in [-0.4, -0.2) is 75.2 Å². The molecular formula is C11H21N5O9S. The molecule has 1 rings (SSSR count). The quantitative estimate of drug-likeness (QED) is 0.166. The van der Waals surface area contributed by atoms with Crippen LogP contribution in [0.15, 0.2) is 4.42 Å². The second kappa shape index (κ2) is 9.28. The topological polar surface area (TPSA) is 241 Å². The summed E-state index contributed by atoms with van der Waals surface area (Å²) in [6, 6.07) is -4.34. The highest BCUT2D eigenvalue weighted by Gasteiger charge is 2.32. The zero-order chi connectivity index (χ0) is 20.1. The minimum Gasteiger partial charge on any atom is -0.480 e. The Balaban J connectivity index is 3.03. The summed E-state index contributed by atoms with van der Waals surface area (Å²) in [5.74, 6) is -2.25. The van der Waals surface area contributed by atoms with Crippen molar-refractivity contribution in [3.63, 3.8) is 0 Å². The van der Waals surface area contributed by atoms with Crippen LogP contribution in [-0.2, 0) is 15.0 Å². The number of nitrogens with one attached hydrogen (secondary N) is 2. The summed E-state index contributed by atoms with van der Waals surface area (Å²) in [7, 11) is -4.55. The molecule has 0 bridgehead atoms. The molecule has 0 aliphatic rings. The molecule has 0 amide bonds. The average molecular weight is 399 g/mol. The minimum absolute atomic E-state index is 0.223. The standard InChI is InChI=1S/C11H21N5O9S/c1-4(18)8(11(21)22)16-26(23,24)15-6(2-7(19)20)10-14-13-9(25-10)5(12)3-17/h4-8,15-20H,2-3,12H2,1H3,(H,21,22)/t4?,5-,6-,8-/m0/s1. The van der Waals surface area contributed by atoms with E-state index in [0.29, 0.717) is 0 Å². The largest absolute Gasteiger partial charge is 0.480 e. The second-order valence-electron chi connectivity index (χ2n) is 5.33. The van der Waals surface area contributed by atoms with Gasteiger partial charge in [0.15, 0.2) is 6.29 Å². The van der Waals surface area contributed by atoms with Gasteiger partial charge in [-0.05, 0) is 6.92 Å². The maximum Gasteiger partial charge on any atom is 0.324 e. The summed E-state index contributed by atoms with van der Waals surface area (Å²) >= 11 is 0. The molecule has 0 saturated heterocycles. The van der Waals surface area contributed by atoms with Crippen LogP contribution in [0.3, 0.4) is 0 Å². The van der Waals surface area contributed by atoms with Gasteiger partial charge in [0.25, 0.3) is 10.2 Å². The van der Waals surface area contributed by atoms with E-state index in [9.17, 15) is 18.3 Å². The van der Waals surface area contributed by atoms with Crippen molar-refractivity contribution in [2.75, 3.05) is 6.61 Å². The summed E-state index contributed by atoms with van der Waals surface area (Å²) in [6.07, 6.45) is -4.15. The average Bonchev–Trinajstić information content (AvgIpc) is 3.00. The van der Waals surface area contributed by atoms with Gasteiger partial charge in [0.05, 0.1) is 12.7 Å². The first-order valence-electron chi connectivity index (χ1n) is 7.23. The number of carboxylic acid groups (broad SMARTS) is 1. The van der Waals surface area contributed by atoms with Crippen molar-refractivity contribution in [2.24, 2.45) is 5.73 Å². The van der Waals surface area contributed by atoms with Crippen LogP contribution in [0.4, 0.5) is 0 Å². The fourth-order valence-electron chi connectivity index (χ4n) is 1.77. The van der Waals surface area contributed by atoms with Gasteiger partial charge in [0.2, 0.25) is 11.8 Å². The summed E-state index contributed by atoms with van der Waals surface area (Å²) in [5, 5.41) is 52.5. The van der Waals surface area contributed by atoms with Crippen molar-refractivity contribution in [3.8, 4) is 0 Å². The van der Waals surface area contributed by atoms with Crippen molar-refractivity contribution >= 4 is 16.2 Å². The first-order valence-corrected chi connectivity index (χ1v) is 8.71. The van der Waals surface area contributed by atoms with E-state index in [-0.39, 0.29) is 5.89 Å². The third-order valence-electron chi connectivity index (χ3n) is 3.04. The predicted molar refractivity (Wildman–Crippen MR) is 82.2 cm³/mol. The van der Waals surface area contributed by atoms with E-state index in [1.165, 1.54) is 0 Å². The van der Waals surface area contributed by atoms with Crippen LogP contribution in [0.1, 0.15) is 37.2 Å². The van der Waals surface area contributed by atoms with Gasteiger partial charge in [-0.2, -0.15) is 17.9 Å². The number of aliphatic hydroxyl groups is 4. The number of rotatable bonds is 11. The van der Waals surface area contributed by atoms with Crippen LogP contribution in [0.25, 0.3) is 0 Å². The first-order chi connectivity index (χ1) is 12.0. The molecule has 26 heavy (non-hydrogen) atoms. The molecule has 1 heterocycles. The van der Waals surface area contributed by atoms with Crippen molar-refractivity contribution in [1.29, 1.82) is 0 Å². The maximum atomic E-state index is 12.1. The summed E-state index contributed by atoms with van der Waals surface area (Å²) in [5.41, 5.74) is 5.48. The zero-order valence-electron chi connectivity index (χ0n) is 13.6. The molecule has 150 valence electrons. The van der Waals surface area contributed by atoms with E-state index < -0.39 is 65.6 Å². The Morgan fingerprint density at radius 2 is 1.81 bits per heavy atom. The van der Waals surface area contributed by atoms with E-state index >= 15 is 0 Å². The summed E-state index contributed by atoms with van der Waals surface area (Å²) in [4.78, 5) is 11.0. The lowest BCUT2D eigenvalue weighted by atomic mass is 10.2. The fraction of sp³-hybridized carbons (Fsp3) is 0.727. The Kier molecular flexibility index (Phi) is 7.97. The molecule has 0 fully saturated rings. The molecule has 15 heteroatoms. The number of aliphatic hydroxyl groups excluding tert-OH is 3. The van der Waals surface area contributed by atoms with Crippen LogP contribution in [0.2, 0.25) is 0 Å². The lowest BCUT2D eigenvalue weighted by molar-refractivity contribution is -0.141. The van der Waals surface area contributed by atoms with E-state index in [0.717, 1.165) is 6.92 Å². The van der Waals surface area contributed by atoms with Gasteiger partial charge in [0.1, 0.15) is 18.1 Å². The number of aromatic nitrogens is 2. The van der Waals surface area contributed by atoms with Gasteiger partial charge in [0, 0.05) is 6.42 Å².